The van der Waals surface area contributed by atoms with Gasteiger partial charge in [-0.05, 0) is 60.9 Å². The average molecular weight is 415 g/mol. The molecule has 1 aliphatic rings. The van der Waals surface area contributed by atoms with Crippen LogP contribution in [0.2, 0.25) is 5.02 Å². The van der Waals surface area contributed by atoms with Crippen LogP contribution in [0.25, 0.3) is 0 Å². The van der Waals surface area contributed by atoms with Gasteiger partial charge in [0.05, 0.1) is 10.6 Å². The predicted molar refractivity (Wildman–Crippen MR) is 102 cm³/mol. The molecule has 26 heavy (non-hydrogen) atoms. The molecule has 2 aromatic carbocycles. The van der Waals surface area contributed by atoms with Crippen LogP contribution in [0.4, 0.5) is 5.69 Å². The highest BCUT2D eigenvalue weighted by atomic mass is 35.5. The minimum absolute atomic E-state index is 0.0266. The second-order valence-corrected chi connectivity index (χ2v) is 10.4. The Morgan fingerprint density at radius 2 is 1.73 bits per heavy atom. The molecule has 0 fully saturated rings. The number of nitrogens with one attached hydrogen (secondary N) is 1. The quantitative estimate of drug-likeness (QED) is 0.815. The van der Waals surface area contributed by atoms with Crippen LogP contribution in [0.1, 0.15) is 18.1 Å². The molecule has 0 unspecified atom stereocenters. The van der Waals surface area contributed by atoms with Gasteiger partial charge in [-0.15, -0.1) is 0 Å². The Kier molecular flexibility index (Phi) is 5.30. The third kappa shape index (κ3) is 4.03. The lowest BCUT2D eigenvalue weighted by molar-refractivity contribution is 0.391. The van der Waals surface area contributed by atoms with E-state index in [0.717, 1.165) is 11.1 Å². The first-order valence-electron chi connectivity index (χ1n) is 8.09. The second-order valence-electron chi connectivity index (χ2n) is 6.03. The van der Waals surface area contributed by atoms with Gasteiger partial charge in [-0.3, -0.25) is 4.72 Å². The average Bonchev–Trinajstić information content (AvgIpc) is 2.61. The summed E-state index contributed by atoms with van der Waals surface area (Å²) in [6.45, 7) is 2.13. The number of anilines is 1. The summed E-state index contributed by atoms with van der Waals surface area (Å²) >= 11 is 5.83. The summed E-state index contributed by atoms with van der Waals surface area (Å²) in [7, 11) is -7.02. The molecule has 0 radical (unpaired) electrons. The summed E-state index contributed by atoms with van der Waals surface area (Å²) in [6, 6.07) is 11.3. The third-order valence-electron chi connectivity index (χ3n) is 4.29. The maximum atomic E-state index is 12.8. The van der Waals surface area contributed by atoms with Gasteiger partial charge in [0, 0.05) is 23.8 Å². The van der Waals surface area contributed by atoms with E-state index in [9.17, 15) is 16.8 Å². The van der Waals surface area contributed by atoms with E-state index in [1.165, 1.54) is 16.4 Å². The lowest BCUT2D eigenvalue weighted by Crippen LogP contribution is -2.36. The number of nitrogens with zero attached hydrogens (tertiary/aromatic N) is 1. The molecule has 0 atom stereocenters. The molecule has 0 saturated heterocycles. The monoisotopic (exact) mass is 414 g/mol. The highest BCUT2D eigenvalue weighted by molar-refractivity contribution is 7.92. The van der Waals surface area contributed by atoms with Crippen molar-refractivity contribution in [3.8, 4) is 0 Å². The topological polar surface area (TPSA) is 83.6 Å². The minimum Gasteiger partial charge on any atom is -0.284 e. The number of sulfonamides is 2. The van der Waals surface area contributed by atoms with Crippen LogP contribution in [0.15, 0.2) is 47.4 Å². The highest BCUT2D eigenvalue weighted by Crippen LogP contribution is 2.27. The van der Waals surface area contributed by atoms with Crippen molar-refractivity contribution in [3.63, 3.8) is 0 Å². The molecule has 140 valence electrons. The second kappa shape index (κ2) is 7.19. The minimum atomic E-state index is -3.64. The number of benzene rings is 2. The normalized spacial score (nSPS) is 15.5. The van der Waals surface area contributed by atoms with E-state index >= 15 is 0 Å². The maximum absolute atomic E-state index is 12.8. The van der Waals surface area contributed by atoms with Gasteiger partial charge in [-0.25, -0.2) is 16.8 Å². The molecule has 0 amide bonds. The summed E-state index contributed by atoms with van der Waals surface area (Å²) in [6.07, 6.45) is 0.572. The zero-order valence-corrected chi connectivity index (χ0v) is 16.5. The summed E-state index contributed by atoms with van der Waals surface area (Å²) in [5.41, 5.74) is 2.26. The van der Waals surface area contributed by atoms with E-state index in [2.05, 4.69) is 4.72 Å². The number of rotatable bonds is 5. The van der Waals surface area contributed by atoms with Gasteiger partial charge < -0.3 is 0 Å². The third-order valence-corrected chi connectivity index (χ3v) is 7.71. The van der Waals surface area contributed by atoms with E-state index < -0.39 is 20.0 Å². The summed E-state index contributed by atoms with van der Waals surface area (Å²) in [4.78, 5) is 0.188. The van der Waals surface area contributed by atoms with E-state index in [1.54, 1.807) is 31.2 Å². The van der Waals surface area contributed by atoms with Crippen molar-refractivity contribution in [2.75, 3.05) is 17.0 Å². The largest absolute Gasteiger partial charge is 0.284 e. The van der Waals surface area contributed by atoms with E-state index in [1.807, 2.05) is 6.07 Å². The van der Waals surface area contributed by atoms with Crippen LogP contribution in [0.3, 0.4) is 0 Å². The predicted octanol–water partition coefficient (Wildman–Crippen LogP) is 2.85. The summed E-state index contributed by atoms with van der Waals surface area (Å²) < 4.78 is 53.1. The lowest BCUT2D eigenvalue weighted by atomic mass is 10.0. The van der Waals surface area contributed by atoms with Crippen LogP contribution >= 0.6 is 11.6 Å². The molecule has 2 aromatic rings. The van der Waals surface area contributed by atoms with Crippen molar-refractivity contribution in [3.05, 3.63) is 58.6 Å². The van der Waals surface area contributed by atoms with Crippen LogP contribution in [0, 0.1) is 0 Å². The van der Waals surface area contributed by atoms with E-state index in [0.29, 0.717) is 23.7 Å². The van der Waals surface area contributed by atoms with Crippen molar-refractivity contribution < 1.29 is 16.8 Å². The number of hydrogen-bond acceptors (Lipinski definition) is 4. The number of fused-ring (bicyclic) bond motifs is 1. The van der Waals surface area contributed by atoms with Crippen molar-refractivity contribution in [2.45, 2.75) is 24.8 Å². The number of hydrogen-bond donors (Lipinski definition) is 1. The molecular formula is C17H19ClN2O4S2. The first-order valence-corrected chi connectivity index (χ1v) is 11.6. The first-order chi connectivity index (χ1) is 12.2. The fourth-order valence-corrected chi connectivity index (χ4v) is 4.98. The van der Waals surface area contributed by atoms with Gasteiger partial charge in [0.15, 0.2) is 0 Å². The van der Waals surface area contributed by atoms with Crippen LogP contribution < -0.4 is 4.72 Å². The van der Waals surface area contributed by atoms with Crippen molar-refractivity contribution in [1.29, 1.82) is 0 Å². The van der Waals surface area contributed by atoms with Crippen LogP contribution in [-0.4, -0.2) is 33.4 Å². The fourth-order valence-electron chi connectivity index (χ4n) is 2.81. The Hall–Kier alpha value is -1.61. The van der Waals surface area contributed by atoms with Crippen LogP contribution in [-0.2, 0) is 33.0 Å². The van der Waals surface area contributed by atoms with Gasteiger partial charge >= 0.3 is 0 Å². The lowest BCUT2D eigenvalue weighted by Gasteiger charge is -2.28. The molecule has 0 aliphatic carbocycles. The summed E-state index contributed by atoms with van der Waals surface area (Å²) in [5.74, 6) is -0.0266. The van der Waals surface area contributed by atoms with Crippen LogP contribution in [0.5, 0.6) is 0 Å². The smallest absolute Gasteiger partial charge is 0.243 e. The Morgan fingerprint density at radius 1 is 1.04 bits per heavy atom. The van der Waals surface area contributed by atoms with Crippen molar-refractivity contribution >= 4 is 37.3 Å². The Balaban J connectivity index is 1.87. The van der Waals surface area contributed by atoms with Gasteiger partial charge in [-0.1, -0.05) is 17.7 Å². The maximum Gasteiger partial charge on any atom is 0.243 e. The molecule has 6 nitrogen and oxygen atoms in total. The van der Waals surface area contributed by atoms with Crippen molar-refractivity contribution in [1.82, 2.24) is 4.31 Å². The first kappa shape index (κ1) is 19.2. The molecule has 0 aromatic heterocycles. The molecule has 0 bridgehead atoms. The van der Waals surface area contributed by atoms with Gasteiger partial charge in [0.25, 0.3) is 0 Å². The molecule has 3 rings (SSSR count). The van der Waals surface area contributed by atoms with Gasteiger partial charge in [0.1, 0.15) is 0 Å². The van der Waals surface area contributed by atoms with E-state index in [4.69, 9.17) is 11.6 Å². The molecule has 0 saturated carbocycles. The zero-order chi connectivity index (χ0) is 18.9. The molecule has 1 N–H and O–H groups in total. The molecule has 1 heterocycles. The molecular weight excluding hydrogens is 396 g/mol. The standard InChI is InChI=1S/C17H19ClN2O4S2/c1-2-25(21,22)19-16-6-3-13-9-10-20(12-14(13)11-16)26(23,24)17-7-4-15(18)5-8-17/h3-8,11,19H,2,9-10,12H2,1H3. The molecule has 9 heteroatoms. The molecule has 1 aliphatic heterocycles. The Morgan fingerprint density at radius 3 is 2.38 bits per heavy atom. The summed E-state index contributed by atoms with van der Waals surface area (Å²) in [5, 5.41) is 0.473. The fraction of sp³-hybridized carbons (Fsp3) is 0.294. The number of halogens is 1. The Labute approximate surface area is 158 Å². The zero-order valence-electron chi connectivity index (χ0n) is 14.1. The Bertz CT molecular complexity index is 1020. The van der Waals surface area contributed by atoms with Gasteiger partial charge in [0.2, 0.25) is 20.0 Å². The molecule has 0 spiro atoms. The van der Waals surface area contributed by atoms with E-state index in [-0.39, 0.29) is 17.2 Å². The highest BCUT2D eigenvalue weighted by Gasteiger charge is 2.28. The van der Waals surface area contributed by atoms with Crippen molar-refractivity contribution in [2.24, 2.45) is 0 Å². The SMILES string of the molecule is CCS(=O)(=O)Nc1ccc2c(c1)CN(S(=O)(=O)c1ccc(Cl)cc1)CC2. The van der Waals surface area contributed by atoms with Gasteiger partial charge in [-0.2, -0.15) is 4.31 Å².